The van der Waals surface area contributed by atoms with Crippen molar-refractivity contribution in [1.29, 1.82) is 0 Å². The second kappa shape index (κ2) is 13.5. The molecule has 0 unspecified atom stereocenters. The number of ether oxygens (including phenoxy) is 3. The molecule has 0 bridgehead atoms. The second-order valence-electron chi connectivity index (χ2n) is 6.25. The van der Waals surface area contributed by atoms with Crippen molar-refractivity contribution < 1.29 is 19.0 Å². The summed E-state index contributed by atoms with van der Waals surface area (Å²) in [6.07, 6.45) is 0. The molecule has 8 nitrogen and oxygen atoms in total. The fourth-order valence-corrected chi connectivity index (χ4v) is 2.54. The summed E-state index contributed by atoms with van der Waals surface area (Å²) in [5.41, 5.74) is 6.10. The maximum absolute atomic E-state index is 10.8. The summed E-state index contributed by atoms with van der Waals surface area (Å²) >= 11 is 0. The molecule has 2 aromatic carbocycles. The maximum Gasteiger partial charge on any atom is 0.255 e. The fourth-order valence-electron chi connectivity index (χ4n) is 2.54. The normalized spacial score (nSPS) is 10.6. The van der Waals surface area contributed by atoms with Gasteiger partial charge in [0.2, 0.25) is 0 Å². The zero-order valence-electron chi connectivity index (χ0n) is 17.5. The molecule has 0 aliphatic rings. The van der Waals surface area contributed by atoms with Crippen LogP contribution in [-0.2, 0) is 11.3 Å². The molecule has 9 heteroatoms. The van der Waals surface area contributed by atoms with E-state index in [-0.39, 0.29) is 30.6 Å². The number of carbonyl (C=O) groups excluding carboxylic acids is 1. The molecular weight excluding hydrogens is 499 g/mol. The number of nitrogens with one attached hydrogen (secondary N) is 1. The van der Waals surface area contributed by atoms with Gasteiger partial charge in [0, 0.05) is 20.6 Å². The number of hydrogen-bond donors (Lipinski definition) is 2. The Balaban J connectivity index is 0.00000450. The summed E-state index contributed by atoms with van der Waals surface area (Å²) in [4.78, 5) is 17.1. The largest absolute Gasteiger partial charge is 0.497 e. The molecule has 30 heavy (non-hydrogen) atoms. The van der Waals surface area contributed by atoms with Crippen LogP contribution in [0.15, 0.2) is 53.5 Å². The summed E-state index contributed by atoms with van der Waals surface area (Å²) in [6.45, 7) is 1.59. The van der Waals surface area contributed by atoms with Crippen molar-refractivity contribution in [1.82, 2.24) is 10.2 Å². The molecule has 1 amide bonds. The van der Waals surface area contributed by atoms with Crippen molar-refractivity contribution in [3.8, 4) is 17.2 Å². The van der Waals surface area contributed by atoms with Crippen LogP contribution in [0.2, 0.25) is 0 Å². The van der Waals surface area contributed by atoms with Crippen LogP contribution in [0.4, 0.5) is 0 Å². The Bertz CT molecular complexity index is 815. The molecule has 0 spiro atoms. The molecule has 2 rings (SSSR count). The van der Waals surface area contributed by atoms with E-state index in [4.69, 9.17) is 19.9 Å². The third-order valence-corrected chi connectivity index (χ3v) is 4.06. The highest BCUT2D eigenvalue weighted by molar-refractivity contribution is 14.0. The van der Waals surface area contributed by atoms with Gasteiger partial charge >= 0.3 is 0 Å². The molecule has 0 saturated heterocycles. The first-order chi connectivity index (χ1) is 14.0. The molecule has 0 aliphatic heterocycles. The van der Waals surface area contributed by atoms with Gasteiger partial charge in [-0.05, 0) is 42.0 Å². The van der Waals surface area contributed by atoms with Gasteiger partial charge in [-0.3, -0.25) is 9.79 Å². The third-order valence-electron chi connectivity index (χ3n) is 4.06. The van der Waals surface area contributed by atoms with Gasteiger partial charge in [-0.2, -0.15) is 0 Å². The molecule has 0 atom stereocenters. The van der Waals surface area contributed by atoms with Gasteiger partial charge in [0.15, 0.2) is 12.6 Å². The van der Waals surface area contributed by atoms with Crippen LogP contribution in [0.5, 0.6) is 17.2 Å². The summed E-state index contributed by atoms with van der Waals surface area (Å²) < 4.78 is 16.2. The Morgan fingerprint density at radius 3 is 2.43 bits per heavy atom. The first-order valence-corrected chi connectivity index (χ1v) is 9.20. The Morgan fingerprint density at radius 1 is 1.10 bits per heavy atom. The average molecular weight is 528 g/mol. The standard InChI is InChI=1S/C21H28N4O4.HI/c1-23-21(24-14-16-5-4-6-19(13-16)29-15-20(22)26)25(2)11-12-28-18-9-7-17(27-3)8-10-18;/h4-10,13H,11-12,14-15H2,1-3H3,(H2,22,26)(H,23,24);1H. The van der Waals surface area contributed by atoms with Gasteiger partial charge in [0.25, 0.3) is 5.91 Å². The highest BCUT2D eigenvalue weighted by atomic mass is 127. The minimum Gasteiger partial charge on any atom is -0.497 e. The molecule has 0 saturated carbocycles. The predicted octanol–water partition coefficient (Wildman–Crippen LogP) is 2.26. The number of methoxy groups -OCH3 is 1. The second-order valence-corrected chi connectivity index (χ2v) is 6.25. The smallest absolute Gasteiger partial charge is 0.255 e. The van der Waals surface area contributed by atoms with Crippen LogP contribution in [0, 0.1) is 0 Å². The van der Waals surface area contributed by atoms with E-state index in [0.29, 0.717) is 25.4 Å². The Kier molecular flexibility index (Phi) is 11.4. The van der Waals surface area contributed by atoms with Crippen molar-refractivity contribution in [2.75, 3.05) is 41.0 Å². The van der Waals surface area contributed by atoms with Crippen LogP contribution in [0.3, 0.4) is 0 Å². The Hall–Kier alpha value is -2.69. The summed E-state index contributed by atoms with van der Waals surface area (Å²) in [5.74, 6) is 2.41. The number of aliphatic imine (C=N–C) groups is 1. The lowest BCUT2D eigenvalue weighted by atomic mass is 10.2. The number of carbonyl (C=O) groups is 1. The number of rotatable bonds is 10. The molecule has 0 radical (unpaired) electrons. The van der Waals surface area contributed by atoms with E-state index in [1.165, 1.54) is 0 Å². The molecule has 164 valence electrons. The predicted molar refractivity (Wildman–Crippen MR) is 128 cm³/mol. The van der Waals surface area contributed by atoms with Crippen LogP contribution in [0.1, 0.15) is 5.56 Å². The number of halogens is 1. The number of guanidine groups is 1. The molecule has 2 aromatic rings. The molecule has 3 N–H and O–H groups in total. The van der Waals surface area contributed by atoms with Crippen molar-refractivity contribution in [2.45, 2.75) is 6.54 Å². The van der Waals surface area contributed by atoms with Crippen molar-refractivity contribution in [2.24, 2.45) is 10.7 Å². The van der Waals surface area contributed by atoms with E-state index in [1.807, 2.05) is 54.4 Å². The Labute approximate surface area is 194 Å². The number of likely N-dealkylation sites (N-methyl/N-ethyl adjacent to an activating group) is 1. The lowest BCUT2D eigenvalue weighted by molar-refractivity contribution is -0.119. The zero-order valence-corrected chi connectivity index (χ0v) is 19.8. The van der Waals surface area contributed by atoms with E-state index in [2.05, 4.69) is 10.3 Å². The van der Waals surface area contributed by atoms with Crippen molar-refractivity contribution >= 4 is 35.8 Å². The van der Waals surface area contributed by atoms with E-state index in [9.17, 15) is 4.79 Å². The van der Waals surface area contributed by atoms with Crippen LogP contribution in [-0.4, -0.2) is 57.7 Å². The van der Waals surface area contributed by atoms with Crippen LogP contribution < -0.4 is 25.3 Å². The number of primary amides is 1. The van der Waals surface area contributed by atoms with Gasteiger partial charge in [0.05, 0.1) is 13.7 Å². The quantitative estimate of drug-likeness (QED) is 0.279. The Morgan fingerprint density at radius 2 is 1.80 bits per heavy atom. The van der Waals surface area contributed by atoms with E-state index in [1.54, 1.807) is 20.2 Å². The zero-order chi connectivity index (χ0) is 21.1. The van der Waals surface area contributed by atoms with E-state index in [0.717, 1.165) is 23.0 Å². The number of benzene rings is 2. The van der Waals surface area contributed by atoms with Gasteiger partial charge in [0.1, 0.15) is 23.9 Å². The third kappa shape index (κ3) is 8.76. The van der Waals surface area contributed by atoms with Gasteiger partial charge in [-0.15, -0.1) is 24.0 Å². The summed E-state index contributed by atoms with van der Waals surface area (Å²) in [7, 11) is 5.31. The lowest BCUT2D eigenvalue weighted by Crippen LogP contribution is -2.40. The lowest BCUT2D eigenvalue weighted by Gasteiger charge is -2.22. The van der Waals surface area contributed by atoms with Gasteiger partial charge < -0.3 is 30.2 Å². The maximum atomic E-state index is 10.8. The van der Waals surface area contributed by atoms with Crippen LogP contribution in [0.25, 0.3) is 0 Å². The topological polar surface area (TPSA) is 98.4 Å². The monoisotopic (exact) mass is 528 g/mol. The summed E-state index contributed by atoms with van der Waals surface area (Å²) in [6, 6.07) is 14.9. The molecule has 0 aliphatic carbocycles. The van der Waals surface area contributed by atoms with E-state index >= 15 is 0 Å². The van der Waals surface area contributed by atoms with Crippen molar-refractivity contribution in [3.63, 3.8) is 0 Å². The minimum atomic E-state index is -0.507. The molecular formula is C21H29IN4O4. The molecule has 0 heterocycles. The number of amides is 1. The van der Waals surface area contributed by atoms with Crippen molar-refractivity contribution in [3.05, 3.63) is 54.1 Å². The average Bonchev–Trinajstić information content (AvgIpc) is 2.73. The SMILES string of the molecule is CN=C(NCc1cccc(OCC(N)=O)c1)N(C)CCOc1ccc(OC)cc1.I. The number of hydrogen-bond acceptors (Lipinski definition) is 5. The van der Waals surface area contributed by atoms with E-state index < -0.39 is 5.91 Å². The first kappa shape index (κ1) is 25.3. The van der Waals surface area contributed by atoms with Gasteiger partial charge in [-0.25, -0.2) is 0 Å². The van der Waals surface area contributed by atoms with Gasteiger partial charge in [-0.1, -0.05) is 12.1 Å². The highest BCUT2D eigenvalue weighted by Gasteiger charge is 2.07. The fraction of sp³-hybridized carbons (Fsp3) is 0.333. The summed E-state index contributed by atoms with van der Waals surface area (Å²) in [5, 5.41) is 3.30. The first-order valence-electron chi connectivity index (χ1n) is 9.20. The minimum absolute atomic E-state index is 0. The van der Waals surface area contributed by atoms with Crippen LogP contribution >= 0.6 is 24.0 Å². The molecule has 0 fully saturated rings. The highest BCUT2D eigenvalue weighted by Crippen LogP contribution is 2.17. The molecule has 0 aromatic heterocycles. The number of nitrogens with two attached hydrogens (primary N) is 1. The number of nitrogens with zero attached hydrogens (tertiary/aromatic N) is 2.